The number of anilines is 2. The zero-order valence-electron chi connectivity index (χ0n) is 18.0. The molecule has 0 aliphatic rings. The molecule has 174 valence electrons. The molecule has 5 aromatic rings. The van der Waals surface area contributed by atoms with Gasteiger partial charge in [0.05, 0.1) is 28.0 Å². The van der Waals surface area contributed by atoms with Gasteiger partial charge in [-0.15, -0.1) is 0 Å². The first-order valence-electron chi connectivity index (χ1n) is 10.2. The molecular weight excluding hydrogens is 478 g/mol. The molecule has 1 aromatic carbocycles. The van der Waals surface area contributed by atoms with Crippen molar-refractivity contribution in [2.45, 2.75) is 6.92 Å². The van der Waals surface area contributed by atoms with Crippen molar-refractivity contribution >= 4 is 40.0 Å². The number of aromatic amines is 1. The fourth-order valence-electron chi connectivity index (χ4n) is 3.64. The van der Waals surface area contributed by atoms with E-state index in [1.54, 1.807) is 18.3 Å². The number of fused-ring (bicyclic) bond motifs is 1. The van der Waals surface area contributed by atoms with Gasteiger partial charge >= 0.3 is 0 Å². The first kappa shape index (κ1) is 22.3. The molecular formula is C23H15ClF2N8O. The molecule has 0 aliphatic heterocycles. The highest BCUT2D eigenvalue weighted by atomic mass is 35.5. The van der Waals surface area contributed by atoms with Crippen LogP contribution in [0.4, 0.5) is 20.4 Å². The second-order valence-electron chi connectivity index (χ2n) is 7.50. The van der Waals surface area contributed by atoms with Crippen molar-refractivity contribution in [2.24, 2.45) is 5.73 Å². The second kappa shape index (κ2) is 8.69. The number of benzene rings is 1. The minimum Gasteiger partial charge on any atom is -0.364 e. The van der Waals surface area contributed by atoms with Gasteiger partial charge in [0.15, 0.2) is 23.2 Å². The standard InChI is InChI=1S/C23H15ClF2N8O/c1-10-4-6-14-12(9-29-34-14)16(10)18-17(24)19(20(27)35)32-22(31-18)11-3-2-8-28-21(11)33-23-13(25)5-7-15(26)30-23/h2-9H,1H3,(H2,27,35)(H,29,34)(H,28,30,33). The molecule has 0 unspecified atom stereocenters. The summed E-state index contributed by atoms with van der Waals surface area (Å²) in [5.74, 6) is -2.81. The van der Waals surface area contributed by atoms with Crippen LogP contribution >= 0.6 is 11.6 Å². The van der Waals surface area contributed by atoms with Gasteiger partial charge in [-0.1, -0.05) is 17.7 Å². The van der Waals surface area contributed by atoms with Gasteiger partial charge in [0, 0.05) is 17.1 Å². The fraction of sp³-hybridized carbons (Fsp3) is 0.0435. The molecule has 0 aliphatic carbocycles. The molecule has 4 aromatic heterocycles. The van der Waals surface area contributed by atoms with Crippen molar-refractivity contribution in [3.8, 4) is 22.6 Å². The number of aryl methyl sites for hydroxylation is 1. The van der Waals surface area contributed by atoms with Gasteiger partial charge in [0.1, 0.15) is 5.82 Å². The SMILES string of the molecule is Cc1ccc2[nH]ncc2c1-c1nc(-c2cccnc2Nc2nc(F)ccc2F)nc(C(N)=O)c1Cl. The third-order valence-electron chi connectivity index (χ3n) is 5.25. The van der Waals surface area contributed by atoms with Crippen molar-refractivity contribution in [1.82, 2.24) is 30.1 Å². The lowest BCUT2D eigenvalue weighted by atomic mass is 10.00. The number of nitrogens with one attached hydrogen (secondary N) is 2. The predicted molar refractivity (Wildman–Crippen MR) is 126 cm³/mol. The smallest absolute Gasteiger partial charge is 0.269 e. The zero-order chi connectivity index (χ0) is 24.7. The zero-order valence-corrected chi connectivity index (χ0v) is 18.7. The average molecular weight is 493 g/mol. The average Bonchev–Trinajstić information content (AvgIpc) is 3.31. The summed E-state index contributed by atoms with van der Waals surface area (Å²) in [5, 5.41) is 10.3. The number of nitrogens with zero attached hydrogens (tertiary/aromatic N) is 5. The van der Waals surface area contributed by atoms with Crippen LogP contribution in [0.25, 0.3) is 33.5 Å². The first-order valence-corrected chi connectivity index (χ1v) is 10.6. The van der Waals surface area contributed by atoms with Crippen LogP contribution in [0.5, 0.6) is 0 Å². The summed E-state index contributed by atoms with van der Waals surface area (Å²) in [6, 6.07) is 8.73. The van der Waals surface area contributed by atoms with E-state index >= 15 is 0 Å². The Balaban J connectivity index is 1.74. The van der Waals surface area contributed by atoms with Crippen LogP contribution in [0.1, 0.15) is 16.1 Å². The topological polar surface area (TPSA) is 135 Å². The molecule has 1 amide bonds. The molecule has 4 N–H and O–H groups in total. The number of halogens is 3. The lowest BCUT2D eigenvalue weighted by molar-refractivity contribution is 0.0995. The third-order valence-corrected chi connectivity index (χ3v) is 5.61. The molecule has 0 fully saturated rings. The van der Waals surface area contributed by atoms with Crippen LogP contribution in [0.2, 0.25) is 5.02 Å². The lowest BCUT2D eigenvalue weighted by Crippen LogP contribution is -2.16. The molecule has 4 heterocycles. The highest BCUT2D eigenvalue weighted by Gasteiger charge is 2.23. The number of rotatable bonds is 5. The minimum absolute atomic E-state index is 0.0329. The molecule has 35 heavy (non-hydrogen) atoms. The number of hydrogen-bond acceptors (Lipinski definition) is 7. The number of H-pyrrole nitrogens is 1. The number of carbonyl (C=O) groups is 1. The van der Waals surface area contributed by atoms with Crippen molar-refractivity contribution in [1.29, 1.82) is 0 Å². The lowest BCUT2D eigenvalue weighted by Gasteiger charge is -2.14. The number of amides is 1. The number of aromatic nitrogens is 6. The van der Waals surface area contributed by atoms with Crippen LogP contribution < -0.4 is 11.1 Å². The monoisotopic (exact) mass is 492 g/mol. The van der Waals surface area contributed by atoms with E-state index in [4.69, 9.17) is 17.3 Å². The Kier molecular flexibility index (Phi) is 5.53. The van der Waals surface area contributed by atoms with Crippen molar-refractivity contribution in [3.63, 3.8) is 0 Å². The van der Waals surface area contributed by atoms with Crippen LogP contribution in [0.3, 0.4) is 0 Å². The maximum atomic E-state index is 14.2. The van der Waals surface area contributed by atoms with Gasteiger partial charge in [-0.25, -0.2) is 19.3 Å². The molecule has 9 nitrogen and oxygen atoms in total. The van der Waals surface area contributed by atoms with Gasteiger partial charge in [0.2, 0.25) is 5.95 Å². The van der Waals surface area contributed by atoms with E-state index < -0.39 is 17.7 Å². The Morgan fingerprint density at radius 3 is 2.71 bits per heavy atom. The van der Waals surface area contributed by atoms with Gasteiger partial charge in [0.25, 0.3) is 5.91 Å². The molecule has 5 rings (SSSR count). The van der Waals surface area contributed by atoms with E-state index in [2.05, 4.69) is 35.5 Å². The third kappa shape index (κ3) is 4.02. The number of nitrogens with two attached hydrogens (primary N) is 1. The van der Waals surface area contributed by atoms with E-state index in [9.17, 15) is 13.6 Å². The highest BCUT2D eigenvalue weighted by molar-refractivity contribution is 6.36. The number of hydrogen-bond donors (Lipinski definition) is 3. The van der Waals surface area contributed by atoms with E-state index in [-0.39, 0.29) is 39.4 Å². The van der Waals surface area contributed by atoms with Crippen LogP contribution in [-0.2, 0) is 0 Å². The van der Waals surface area contributed by atoms with Crippen molar-refractivity contribution < 1.29 is 13.6 Å². The Bertz CT molecular complexity index is 1620. The normalized spacial score (nSPS) is 11.1. The van der Waals surface area contributed by atoms with Gasteiger partial charge in [-0.3, -0.25) is 9.89 Å². The fourth-order valence-corrected chi connectivity index (χ4v) is 3.91. The largest absolute Gasteiger partial charge is 0.364 e. The van der Waals surface area contributed by atoms with E-state index in [0.717, 1.165) is 28.6 Å². The Morgan fingerprint density at radius 1 is 1.09 bits per heavy atom. The maximum absolute atomic E-state index is 14.2. The van der Waals surface area contributed by atoms with E-state index in [0.29, 0.717) is 5.56 Å². The molecule has 12 heteroatoms. The van der Waals surface area contributed by atoms with Gasteiger partial charge in [-0.05, 0) is 42.8 Å². The van der Waals surface area contributed by atoms with Crippen LogP contribution in [0.15, 0.2) is 48.8 Å². The molecule has 0 atom stereocenters. The number of carbonyl (C=O) groups excluding carboxylic acids is 1. The predicted octanol–water partition coefficient (Wildman–Crippen LogP) is 4.56. The Labute approximate surface area is 201 Å². The maximum Gasteiger partial charge on any atom is 0.269 e. The van der Waals surface area contributed by atoms with Crippen LogP contribution in [0, 0.1) is 18.7 Å². The molecule has 0 saturated carbocycles. The molecule has 0 spiro atoms. The first-order chi connectivity index (χ1) is 16.8. The quantitative estimate of drug-likeness (QED) is 0.306. The van der Waals surface area contributed by atoms with Gasteiger partial charge in [-0.2, -0.15) is 14.5 Å². The Morgan fingerprint density at radius 2 is 1.91 bits per heavy atom. The second-order valence-corrected chi connectivity index (χ2v) is 7.88. The molecule has 0 bridgehead atoms. The van der Waals surface area contributed by atoms with Crippen LogP contribution in [-0.4, -0.2) is 36.0 Å². The number of pyridine rings is 2. The summed E-state index contributed by atoms with van der Waals surface area (Å²) in [7, 11) is 0. The summed E-state index contributed by atoms with van der Waals surface area (Å²) in [5.41, 5.74) is 8.06. The molecule has 0 radical (unpaired) electrons. The highest BCUT2D eigenvalue weighted by Crippen LogP contribution is 2.37. The summed E-state index contributed by atoms with van der Waals surface area (Å²) < 4.78 is 27.8. The molecule has 0 saturated heterocycles. The van der Waals surface area contributed by atoms with E-state index in [1.807, 2.05) is 19.1 Å². The summed E-state index contributed by atoms with van der Waals surface area (Å²) in [4.78, 5) is 28.9. The van der Waals surface area contributed by atoms with Gasteiger partial charge < -0.3 is 11.1 Å². The minimum atomic E-state index is -0.879. The Hall–Kier alpha value is -4.51. The van der Waals surface area contributed by atoms with Crippen molar-refractivity contribution in [2.75, 3.05) is 5.32 Å². The van der Waals surface area contributed by atoms with Crippen molar-refractivity contribution in [3.05, 3.63) is 76.8 Å². The summed E-state index contributed by atoms with van der Waals surface area (Å²) in [6.07, 6.45) is 3.06. The summed E-state index contributed by atoms with van der Waals surface area (Å²) in [6.45, 7) is 1.86. The summed E-state index contributed by atoms with van der Waals surface area (Å²) >= 11 is 6.56. The van der Waals surface area contributed by atoms with E-state index in [1.165, 1.54) is 6.20 Å². The number of primary amides is 1.